The van der Waals surface area contributed by atoms with Crippen LogP contribution in [0, 0.1) is 0 Å². The fourth-order valence-electron chi connectivity index (χ4n) is 1.23. The molecule has 7 nitrogen and oxygen atoms in total. The van der Waals surface area contributed by atoms with Gasteiger partial charge in [0.2, 0.25) is 0 Å². The number of carbonyl (C=O) groups excluding carboxylic acids is 1. The molecular formula is C12H25NO6. The van der Waals surface area contributed by atoms with Crippen LogP contribution >= 0.6 is 0 Å². The van der Waals surface area contributed by atoms with Gasteiger partial charge in [0.15, 0.2) is 0 Å². The van der Waals surface area contributed by atoms with Crippen LogP contribution in [0.2, 0.25) is 0 Å². The molecule has 114 valence electrons. The summed E-state index contributed by atoms with van der Waals surface area (Å²) in [5.41, 5.74) is -0.509. The van der Waals surface area contributed by atoms with E-state index in [0.29, 0.717) is 12.8 Å². The smallest absolute Gasteiger partial charge is 0.434 e. The van der Waals surface area contributed by atoms with Gasteiger partial charge in [0, 0.05) is 0 Å². The molecular weight excluding hydrogens is 254 g/mol. The SMILES string of the molecule is CCC(C)(C)OC(=O)OCCCC[C@@H](C)ON(O)O. The average Bonchev–Trinajstić information content (AvgIpc) is 2.27. The fraction of sp³-hybridized carbons (Fsp3) is 0.917. The van der Waals surface area contributed by atoms with Gasteiger partial charge in [-0.25, -0.2) is 9.63 Å². The Bertz CT molecular complexity index is 257. The van der Waals surface area contributed by atoms with Gasteiger partial charge < -0.3 is 9.47 Å². The van der Waals surface area contributed by atoms with Gasteiger partial charge in [0.25, 0.3) is 0 Å². The van der Waals surface area contributed by atoms with E-state index in [9.17, 15) is 4.79 Å². The quantitative estimate of drug-likeness (QED) is 0.381. The van der Waals surface area contributed by atoms with E-state index in [4.69, 9.17) is 19.9 Å². The first-order valence-electron chi connectivity index (χ1n) is 6.47. The van der Waals surface area contributed by atoms with Gasteiger partial charge in [0.1, 0.15) is 5.60 Å². The standard InChI is InChI=1S/C12H25NO6/c1-5-12(3,4)18-11(14)17-9-7-6-8-10(2)19-13(15)16/h10,15-16H,5-9H2,1-4H3/t10-/m1/s1. The van der Waals surface area contributed by atoms with Gasteiger partial charge in [0.05, 0.1) is 18.1 Å². The number of hydrogen-bond acceptors (Lipinski definition) is 7. The van der Waals surface area contributed by atoms with Crippen LogP contribution in [0.3, 0.4) is 0 Å². The van der Waals surface area contributed by atoms with Crippen LogP contribution in [0.1, 0.15) is 53.4 Å². The van der Waals surface area contributed by atoms with Crippen LogP contribution in [0.15, 0.2) is 0 Å². The zero-order valence-corrected chi connectivity index (χ0v) is 12.1. The maximum absolute atomic E-state index is 11.3. The third-order valence-corrected chi connectivity index (χ3v) is 2.71. The molecule has 0 aliphatic carbocycles. The molecule has 0 amide bonds. The average molecular weight is 279 g/mol. The van der Waals surface area contributed by atoms with E-state index in [1.165, 1.54) is 0 Å². The van der Waals surface area contributed by atoms with E-state index in [-0.39, 0.29) is 18.1 Å². The minimum absolute atomic E-state index is 0.271. The topological polar surface area (TPSA) is 88.5 Å². The summed E-state index contributed by atoms with van der Waals surface area (Å²) >= 11 is 0. The van der Waals surface area contributed by atoms with Crippen molar-refractivity contribution in [3.8, 4) is 0 Å². The first-order valence-corrected chi connectivity index (χ1v) is 6.47. The summed E-state index contributed by atoms with van der Waals surface area (Å²) < 4.78 is 10.0. The first-order chi connectivity index (χ1) is 8.76. The van der Waals surface area contributed by atoms with Gasteiger partial charge >= 0.3 is 6.16 Å². The Morgan fingerprint density at radius 2 is 1.95 bits per heavy atom. The Morgan fingerprint density at radius 3 is 2.47 bits per heavy atom. The minimum Gasteiger partial charge on any atom is -0.434 e. The number of ether oxygens (including phenoxy) is 2. The third kappa shape index (κ3) is 10.7. The largest absolute Gasteiger partial charge is 0.508 e. The molecule has 0 aliphatic rings. The van der Waals surface area contributed by atoms with Gasteiger partial charge in [-0.1, -0.05) is 6.92 Å². The fourth-order valence-corrected chi connectivity index (χ4v) is 1.23. The lowest BCUT2D eigenvalue weighted by Gasteiger charge is -2.22. The van der Waals surface area contributed by atoms with Crippen molar-refractivity contribution in [1.29, 1.82) is 0 Å². The van der Waals surface area contributed by atoms with Crippen molar-refractivity contribution in [2.24, 2.45) is 0 Å². The Hall–Kier alpha value is -0.890. The first kappa shape index (κ1) is 18.1. The monoisotopic (exact) mass is 279 g/mol. The van der Waals surface area contributed by atoms with Crippen molar-refractivity contribution in [3.63, 3.8) is 0 Å². The Kier molecular flexibility index (Phi) is 8.66. The van der Waals surface area contributed by atoms with Crippen LogP contribution in [0.25, 0.3) is 0 Å². The molecule has 0 unspecified atom stereocenters. The molecule has 0 heterocycles. The van der Waals surface area contributed by atoms with Crippen molar-refractivity contribution >= 4 is 6.16 Å². The molecule has 19 heavy (non-hydrogen) atoms. The van der Waals surface area contributed by atoms with E-state index in [2.05, 4.69) is 4.84 Å². The predicted octanol–water partition coefficient (Wildman–Crippen LogP) is 2.90. The molecule has 0 spiro atoms. The summed E-state index contributed by atoms with van der Waals surface area (Å²) in [6, 6.07) is 0. The highest BCUT2D eigenvalue weighted by Crippen LogP contribution is 2.14. The second-order valence-electron chi connectivity index (χ2n) is 4.98. The van der Waals surface area contributed by atoms with Gasteiger partial charge in [-0.2, -0.15) is 0 Å². The van der Waals surface area contributed by atoms with Gasteiger partial charge in [-0.05, 0) is 46.5 Å². The molecule has 0 radical (unpaired) electrons. The highest BCUT2D eigenvalue weighted by molar-refractivity contribution is 5.60. The number of carbonyl (C=O) groups is 1. The van der Waals surface area contributed by atoms with Crippen LogP contribution < -0.4 is 0 Å². The summed E-state index contributed by atoms with van der Waals surface area (Å²) in [7, 11) is 0. The third-order valence-electron chi connectivity index (χ3n) is 2.71. The molecule has 0 saturated carbocycles. The molecule has 0 aromatic carbocycles. The maximum atomic E-state index is 11.3. The van der Waals surface area contributed by atoms with E-state index < -0.39 is 11.8 Å². The van der Waals surface area contributed by atoms with Crippen molar-refractivity contribution in [1.82, 2.24) is 5.39 Å². The lowest BCUT2D eigenvalue weighted by atomic mass is 10.1. The van der Waals surface area contributed by atoms with E-state index in [1.807, 2.05) is 20.8 Å². The second-order valence-corrected chi connectivity index (χ2v) is 4.98. The lowest BCUT2D eigenvalue weighted by molar-refractivity contribution is -0.503. The number of rotatable bonds is 9. The van der Waals surface area contributed by atoms with E-state index in [0.717, 1.165) is 12.8 Å². The molecule has 2 N–H and O–H groups in total. The molecule has 0 fully saturated rings. The van der Waals surface area contributed by atoms with E-state index in [1.54, 1.807) is 6.92 Å². The molecule has 0 bridgehead atoms. The maximum Gasteiger partial charge on any atom is 0.508 e. The summed E-state index contributed by atoms with van der Waals surface area (Å²) in [6.07, 6.45) is 1.76. The van der Waals surface area contributed by atoms with Gasteiger partial charge in [-0.15, -0.1) is 0 Å². The molecule has 0 rings (SSSR count). The Balaban J connectivity index is 3.57. The summed E-state index contributed by atoms with van der Waals surface area (Å²) in [4.78, 5) is 15.9. The molecule has 0 saturated heterocycles. The van der Waals surface area contributed by atoms with Crippen LogP contribution in [-0.2, 0) is 14.3 Å². The molecule has 0 aromatic rings. The zero-order chi connectivity index (χ0) is 14.9. The van der Waals surface area contributed by atoms with Crippen molar-refractivity contribution < 1.29 is 29.5 Å². The van der Waals surface area contributed by atoms with Crippen molar-refractivity contribution in [3.05, 3.63) is 0 Å². The minimum atomic E-state index is -0.659. The molecule has 1 atom stereocenters. The van der Waals surface area contributed by atoms with Crippen molar-refractivity contribution in [2.75, 3.05) is 6.61 Å². The van der Waals surface area contributed by atoms with Crippen molar-refractivity contribution in [2.45, 2.75) is 65.1 Å². The Labute approximate surface area is 113 Å². The summed E-state index contributed by atoms with van der Waals surface area (Å²) in [6.45, 7) is 7.55. The molecule has 7 heteroatoms. The second kappa shape index (κ2) is 9.08. The number of nitrogens with zero attached hydrogens (tertiary/aromatic N) is 1. The van der Waals surface area contributed by atoms with Crippen LogP contribution in [0.4, 0.5) is 4.79 Å². The van der Waals surface area contributed by atoms with Crippen LogP contribution in [0.5, 0.6) is 0 Å². The highest BCUT2D eigenvalue weighted by Gasteiger charge is 2.21. The lowest BCUT2D eigenvalue weighted by Crippen LogP contribution is -2.27. The zero-order valence-electron chi connectivity index (χ0n) is 12.1. The normalized spacial score (nSPS) is 13.4. The molecule has 0 aromatic heterocycles. The number of unbranched alkanes of at least 4 members (excludes halogenated alkanes) is 1. The summed E-state index contributed by atoms with van der Waals surface area (Å²) in [5, 5.41) is 16.5. The van der Waals surface area contributed by atoms with Crippen LogP contribution in [-0.4, -0.2) is 40.3 Å². The highest BCUT2D eigenvalue weighted by atomic mass is 17.1. The molecule has 0 aliphatic heterocycles. The number of hydrogen-bond donors (Lipinski definition) is 2. The summed E-state index contributed by atoms with van der Waals surface area (Å²) in [5.74, 6) is 0. The Morgan fingerprint density at radius 1 is 1.32 bits per heavy atom. The predicted molar refractivity (Wildman–Crippen MR) is 66.6 cm³/mol. The van der Waals surface area contributed by atoms with Gasteiger partial charge in [-0.3, -0.25) is 10.4 Å². The van der Waals surface area contributed by atoms with E-state index >= 15 is 0 Å².